The average Bonchev–Trinajstić information content (AvgIpc) is 1.98. The zero-order chi connectivity index (χ0) is 12.8. The molecule has 0 aromatic heterocycles. The molecule has 0 bridgehead atoms. The maximum Gasteiger partial charge on any atom is 0.234 e. The van der Waals surface area contributed by atoms with E-state index in [1.165, 1.54) is 0 Å². The predicted octanol–water partition coefficient (Wildman–Crippen LogP) is 0.688. The normalized spacial score (nSPS) is 12.2. The second-order valence-electron chi connectivity index (χ2n) is 5.73. The Kier molecular flexibility index (Phi) is 6.60. The van der Waals surface area contributed by atoms with Crippen molar-refractivity contribution < 1.29 is 4.79 Å². The Hall–Kier alpha value is -0.610. The first-order valence-electron chi connectivity index (χ1n) is 5.88. The Morgan fingerprint density at radius 3 is 2.31 bits per heavy atom. The van der Waals surface area contributed by atoms with Gasteiger partial charge >= 0.3 is 0 Å². The summed E-state index contributed by atoms with van der Waals surface area (Å²) in [6.45, 7) is 10.6. The number of rotatable bonds is 7. The molecule has 0 aromatic carbocycles. The van der Waals surface area contributed by atoms with Crippen molar-refractivity contribution in [2.75, 3.05) is 33.7 Å². The number of hydrogen-bond acceptors (Lipinski definition) is 3. The zero-order valence-electron chi connectivity index (χ0n) is 11.6. The standard InChI is InChI=1S/C12H27N3O/c1-10(2)14-11(16)7-13-8-12(3,4)9-15(5)6/h10,13H,7-9H2,1-6H3,(H,14,16). The van der Waals surface area contributed by atoms with Gasteiger partial charge in [0.1, 0.15) is 0 Å². The third kappa shape index (κ3) is 8.68. The molecule has 0 radical (unpaired) electrons. The van der Waals surface area contributed by atoms with Crippen molar-refractivity contribution in [3.05, 3.63) is 0 Å². The SMILES string of the molecule is CC(C)NC(=O)CNCC(C)(C)CN(C)C. The van der Waals surface area contributed by atoms with E-state index in [0.29, 0.717) is 6.54 Å². The average molecular weight is 229 g/mol. The van der Waals surface area contributed by atoms with Crippen LogP contribution in [0, 0.1) is 5.41 Å². The van der Waals surface area contributed by atoms with E-state index in [1.807, 2.05) is 13.8 Å². The van der Waals surface area contributed by atoms with Crippen molar-refractivity contribution >= 4 is 5.91 Å². The summed E-state index contributed by atoms with van der Waals surface area (Å²) >= 11 is 0. The lowest BCUT2D eigenvalue weighted by Gasteiger charge is -2.28. The number of nitrogens with zero attached hydrogens (tertiary/aromatic N) is 1. The fraction of sp³-hybridized carbons (Fsp3) is 0.917. The van der Waals surface area contributed by atoms with Crippen molar-refractivity contribution in [2.24, 2.45) is 5.41 Å². The van der Waals surface area contributed by atoms with Crippen LogP contribution in [0.2, 0.25) is 0 Å². The predicted molar refractivity (Wildman–Crippen MR) is 68.5 cm³/mol. The van der Waals surface area contributed by atoms with Crippen LogP contribution in [0.3, 0.4) is 0 Å². The van der Waals surface area contributed by atoms with Crippen molar-refractivity contribution in [1.29, 1.82) is 0 Å². The summed E-state index contributed by atoms with van der Waals surface area (Å²) in [7, 11) is 4.13. The quantitative estimate of drug-likeness (QED) is 0.675. The number of carbonyl (C=O) groups excluding carboxylic acids is 1. The van der Waals surface area contributed by atoms with Gasteiger partial charge in [-0.15, -0.1) is 0 Å². The Labute approximate surface area is 99.8 Å². The summed E-state index contributed by atoms with van der Waals surface area (Å²) in [6.07, 6.45) is 0. The summed E-state index contributed by atoms with van der Waals surface area (Å²) in [4.78, 5) is 13.5. The van der Waals surface area contributed by atoms with Gasteiger partial charge in [-0.3, -0.25) is 4.79 Å². The lowest BCUT2D eigenvalue weighted by molar-refractivity contribution is -0.120. The Bertz CT molecular complexity index is 212. The summed E-state index contributed by atoms with van der Waals surface area (Å²) < 4.78 is 0. The first kappa shape index (κ1) is 15.4. The minimum atomic E-state index is 0.0654. The van der Waals surface area contributed by atoms with Crippen LogP contribution < -0.4 is 10.6 Å². The molecule has 0 saturated heterocycles. The molecule has 0 unspecified atom stereocenters. The van der Waals surface area contributed by atoms with Crippen LogP contribution in [0.15, 0.2) is 0 Å². The summed E-state index contributed by atoms with van der Waals surface area (Å²) in [5.74, 6) is 0.0654. The molecule has 96 valence electrons. The molecule has 0 saturated carbocycles. The van der Waals surface area contributed by atoms with Crippen LogP contribution in [0.4, 0.5) is 0 Å². The fourth-order valence-electron chi connectivity index (χ4n) is 1.80. The van der Waals surface area contributed by atoms with E-state index in [2.05, 4.69) is 43.5 Å². The van der Waals surface area contributed by atoms with E-state index in [9.17, 15) is 4.79 Å². The molecule has 1 amide bonds. The molecule has 0 rings (SSSR count). The maximum atomic E-state index is 11.4. The van der Waals surface area contributed by atoms with Gasteiger partial charge in [0, 0.05) is 19.1 Å². The van der Waals surface area contributed by atoms with Gasteiger partial charge in [0.15, 0.2) is 0 Å². The largest absolute Gasteiger partial charge is 0.353 e. The minimum absolute atomic E-state index is 0.0654. The molecule has 0 fully saturated rings. The van der Waals surface area contributed by atoms with E-state index in [-0.39, 0.29) is 17.4 Å². The van der Waals surface area contributed by atoms with E-state index in [0.717, 1.165) is 13.1 Å². The van der Waals surface area contributed by atoms with Crippen LogP contribution in [0.5, 0.6) is 0 Å². The van der Waals surface area contributed by atoms with E-state index in [1.54, 1.807) is 0 Å². The highest BCUT2D eigenvalue weighted by molar-refractivity contribution is 5.78. The first-order valence-corrected chi connectivity index (χ1v) is 5.88. The third-order valence-corrected chi connectivity index (χ3v) is 2.08. The summed E-state index contributed by atoms with van der Waals surface area (Å²) in [5.41, 5.74) is 0.182. The number of hydrogen-bond donors (Lipinski definition) is 2. The molecule has 4 nitrogen and oxygen atoms in total. The minimum Gasteiger partial charge on any atom is -0.353 e. The third-order valence-electron chi connectivity index (χ3n) is 2.08. The van der Waals surface area contributed by atoms with E-state index in [4.69, 9.17) is 0 Å². The van der Waals surface area contributed by atoms with Crippen molar-refractivity contribution in [1.82, 2.24) is 15.5 Å². The van der Waals surface area contributed by atoms with Crippen LogP contribution in [-0.2, 0) is 4.79 Å². The molecular weight excluding hydrogens is 202 g/mol. The second kappa shape index (κ2) is 6.86. The van der Waals surface area contributed by atoms with E-state index >= 15 is 0 Å². The van der Waals surface area contributed by atoms with Gasteiger partial charge in [0.05, 0.1) is 6.54 Å². The van der Waals surface area contributed by atoms with Gasteiger partial charge in [-0.05, 0) is 33.4 Å². The molecule has 16 heavy (non-hydrogen) atoms. The molecular formula is C12H27N3O. The summed E-state index contributed by atoms with van der Waals surface area (Å²) in [5, 5.41) is 6.06. The van der Waals surface area contributed by atoms with Gasteiger partial charge in [-0.1, -0.05) is 13.8 Å². The molecule has 0 atom stereocenters. The molecule has 4 heteroatoms. The molecule has 0 aliphatic rings. The molecule has 0 heterocycles. The van der Waals surface area contributed by atoms with Gasteiger partial charge in [0.25, 0.3) is 0 Å². The molecule has 0 spiro atoms. The van der Waals surface area contributed by atoms with Crippen molar-refractivity contribution in [3.8, 4) is 0 Å². The number of amides is 1. The second-order valence-corrected chi connectivity index (χ2v) is 5.73. The van der Waals surface area contributed by atoms with Gasteiger partial charge in [0.2, 0.25) is 5.91 Å². The smallest absolute Gasteiger partial charge is 0.234 e. The van der Waals surface area contributed by atoms with Crippen molar-refractivity contribution in [2.45, 2.75) is 33.7 Å². The van der Waals surface area contributed by atoms with Gasteiger partial charge < -0.3 is 15.5 Å². The maximum absolute atomic E-state index is 11.4. The Balaban J connectivity index is 3.76. The fourth-order valence-corrected chi connectivity index (χ4v) is 1.80. The molecule has 0 aliphatic carbocycles. The van der Waals surface area contributed by atoms with Crippen molar-refractivity contribution in [3.63, 3.8) is 0 Å². The molecule has 0 aliphatic heterocycles. The number of nitrogens with one attached hydrogen (secondary N) is 2. The number of carbonyl (C=O) groups is 1. The zero-order valence-corrected chi connectivity index (χ0v) is 11.6. The van der Waals surface area contributed by atoms with Crippen LogP contribution in [0.1, 0.15) is 27.7 Å². The topological polar surface area (TPSA) is 44.4 Å². The van der Waals surface area contributed by atoms with Gasteiger partial charge in [-0.2, -0.15) is 0 Å². The van der Waals surface area contributed by atoms with E-state index < -0.39 is 0 Å². The summed E-state index contributed by atoms with van der Waals surface area (Å²) in [6, 6.07) is 0.212. The van der Waals surface area contributed by atoms with Crippen LogP contribution in [-0.4, -0.2) is 50.6 Å². The lowest BCUT2D eigenvalue weighted by atomic mass is 9.93. The lowest BCUT2D eigenvalue weighted by Crippen LogP contribution is -2.43. The molecule has 2 N–H and O–H groups in total. The molecule has 0 aromatic rings. The monoisotopic (exact) mass is 229 g/mol. The van der Waals surface area contributed by atoms with Crippen LogP contribution >= 0.6 is 0 Å². The Morgan fingerprint density at radius 1 is 1.31 bits per heavy atom. The Morgan fingerprint density at radius 2 is 1.88 bits per heavy atom. The first-order chi connectivity index (χ1) is 7.23. The highest BCUT2D eigenvalue weighted by Gasteiger charge is 2.18. The van der Waals surface area contributed by atoms with Gasteiger partial charge in [-0.25, -0.2) is 0 Å². The van der Waals surface area contributed by atoms with Crippen LogP contribution in [0.25, 0.3) is 0 Å². The highest BCUT2D eigenvalue weighted by Crippen LogP contribution is 2.13. The highest BCUT2D eigenvalue weighted by atomic mass is 16.1.